The van der Waals surface area contributed by atoms with Gasteiger partial charge in [-0.3, -0.25) is 9.59 Å². The highest BCUT2D eigenvalue weighted by Gasteiger charge is 2.29. The van der Waals surface area contributed by atoms with Gasteiger partial charge in [-0.25, -0.2) is 0 Å². The summed E-state index contributed by atoms with van der Waals surface area (Å²) >= 11 is 0. The second-order valence-electron chi connectivity index (χ2n) is 5.47. The van der Waals surface area contributed by atoms with Gasteiger partial charge in [0.2, 0.25) is 0 Å². The molecule has 1 aromatic rings. The molecule has 0 spiro atoms. The lowest BCUT2D eigenvalue weighted by Crippen LogP contribution is -3.14. The first-order valence-electron chi connectivity index (χ1n) is 7.48. The predicted molar refractivity (Wildman–Crippen MR) is 81.9 cm³/mol. The standard InChI is InChI=1S/C16H22N2O4/c1-21-14-6-4-3-5-13(14)17-15(19)11-18-9-7-12(8-10-18)16(20)22-2/h3-6,12H,7-11H2,1-2H3,(H,17,19)/p+1. The van der Waals surface area contributed by atoms with E-state index in [1.807, 2.05) is 24.3 Å². The average Bonchev–Trinajstić information content (AvgIpc) is 2.55. The molecule has 2 N–H and O–H groups in total. The van der Waals surface area contributed by atoms with Crippen molar-refractivity contribution < 1.29 is 24.0 Å². The Bertz CT molecular complexity index is 525. The molecule has 2 rings (SSSR count). The van der Waals surface area contributed by atoms with Crippen LogP contribution in [-0.2, 0) is 14.3 Å². The van der Waals surface area contributed by atoms with Crippen molar-refractivity contribution in [2.45, 2.75) is 12.8 Å². The summed E-state index contributed by atoms with van der Waals surface area (Å²) in [6.07, 6.45) is 1.54. The van der Waals surface area contributed by atoms with Gasteiger partial charge in [-0.1, -0.05) is 12.1 Å². The highest BCUT2D eigenvalue weighted by Crippen LogP contribution is 2.22. The van der Waals surface area contributed by atoms with Crippen LogP contribution in [0.2, 0.25) is 0 Å². The lowest BCUT2D eigenvalue weighted by molar-refractivity contribution is -0.897. The van der Waals surface area contributed by atoms with E-state index in [1.165, 1.54) is 12.0 Å². The Balaban J connectivity index is 1.82. The number of amides is 1. The third-order valence-corrected chi connectivity index (χ3v) is 4.02. The fraction of sp³-hybridized carbons (Fsp3) is 0.500. The van der Waals surface area contributed by atoms with Gasteiger partial charge in [0.1, 0.15) is 5.75 Å². The van der Waals surface area contributed by atoms with Crippen molar-refractivity contribution in [2.24, 2.45) is 5.92 Å². The number of anilines is 1. The highest BCUT2D eigenvalue weighted by atomic mass is 16.5. The zero-order valence-corrected chi connectivity index (χ0v) is 13.1. The maximum atomic E-state index is 12.1. The van der Waals surface area contributed by atoms with Crippen molar-refractivity contribution in [1.82, 2.24) is 0 Å². The largest absolute Gasteiger partial charge is 0.495 e. The number of esters is 1. The van der Waals surface area contributed by atoms with Crippen molar-refractivity contribution in [3.63, 3.8) is 0 Å². The number of ether oxygens (including phenoxy) is 2. The molecule has 1 fully saturated rings. The van der Waals surface area contributed by atoms with Crippen molar-refractivity contribution in [2.75, 3.05) is 39.2 Å². The van der Waals surface area contributed by atoms with Crippen molar-refractivity contribution in [1.29, 1.82) is 0 Å². The van der Waals surface area contributed by atoms with E-state index in [9.17, 15) is 9.59 Å². The van der Waals surface area contributed by atoms with Crippen LogP contribution >= 0.6 is 0 Å². The maximum Gasteiger partial charge on any atom is 0.309 e. The van der Waals surface area contributed by atoms with Crippen LogP contribution in [0.3, 0.4) is 0 Å². The molecule has 0 aromatic heterocycles. The van der Waals surface area contributed by atoms with Gasteiger partial charge in [0, 0.05) is 12.8 Å². The molecular formula is C16H23N2O4+. The molecule has 0 radical (unpaired) electrons. The zero-order valence-electron chi connectivity index (χ0n) is 13.1. The minimum atomic E-state index is -0.141. The molecule has 22 heavy (non-hydrogen) atoms. The first kappa shape index (κ1) is 16.3. The highest BCUT2D eigenvalue weighted by molar-refractivity contribution is 5.92. The molecule has 0 unspecified atom stereocenters. The van der Waals surface area contributed by atoms with Crippen LogP contribution in [0.15, 0.2) is 24.3 Å². The first-order chi connectivity index (χ1) is 10.6. The lowest BCUT2D eigenvalue weighted by Gasteiger charge is -2.27. The van der Waals surface area contributed by atoms with Crippen LogP contribution < -0.4 is 15.0 Å². The molecule has 0 atom stereocenters. The van der Waals surface area contributed by atoms with E-state index in [0.717, 1.165) is 25.9 Å². The van der Waals surface area contributed by atoms with E-state index >= 15 is 0 Å². The Kier molecular flexibility index (Phi) is 5.77. The Morgan fingerprint density at radius 3 is 2.55 bits per heavy atom. The number of methoxy groups -OCH3 is 2. The molecule has 0 saturated carbocycles. The molecule has 1 amide bonds. The molecule has 1 saturated heterocycles. The van der Waals surface area contributed by atoms with Gasteiger partial charge in [-0.15, -0.1) is 0 Å². The van der Waals surface area contributed by atoms with Gasteiger partial charge in [-0.05, 0) is 12.1 Å². The third kappa shape index (κ3) is 4.21. The number of nitrogens with one attached hydrogen (secondary N) is 2. The van der Waals surface area contributed by atoms with Crippen LogP contribution in [0, 0.1) is 5.92 Å². The SMILES string of the molecule is COC(=O)C1CC[NH+](CC(=O)Nc2ccccc2OC)CC1. The smallest absolute Gasteiger partial charge is 0.309 e. The number of hydrogen-bond acceptors (Lipinski definition) is 4. The topological polar surface area (TPSA) is 69.1 Å². The van der Waals surface area contributed by atoms with Crippen LogP contribution in [0.4, 0.5) is 5.69 Å². The van der Waals surface area contributed by atoms with E-state index in [4.69, 9.17) is 9.47 Å². The van der Waals surface area contributed by atoms with E-state index in [-0.39, 0.29) is 17.8 Å². The molecule has 1 heterocycles. The van der Waals surface area contributed by atoms with Gasteiger partial charge < -0.3 is 19.7 Å². The number of carbonyl (C=O) groups excluding carboxylic acids is 2. The monoisotopic (exact) mass is 307 g/mol. The lowest BCUT2D eigenvalue weighted by atomic mass is 9.97. The van der Waals surface area contributed by atoms with Crippen LogP contribution in [0.25, 0.3) is 0 Å². The predicted octanol–water partition coefficient (Wildman–Crippen LogP) is 0.102. The summed E-state index contributed by atoms with van der Waals surface area (Å²) in [5, 5.41) is 2.88. The van der Waals surface area contributed by atoms with E-state index in [1.54, 1.807) is 7.11 Å². The van der Waals surface area contributed by atoms with E-state index < -0.39 is 0 Å². The summed E-state index contributed by atoms with van der Waals surface area (Å²) < 4.78 is 9.99. The second kappa shape index (κ2) is 7.79. The quantitative estimate of drug-likeness (QED) is 0.757. The molecule has 6 nitrogen and oxygen atoms in total. The molecule has 1 aliphatic rings. The molecule has 0 aliphatic carbocycles. The number of carbonyl (C=O) groups is 2. The fourth-order valence-electron chi connectivity index (χ4n) is 2.77. The van der Waals surface area contributed by atoms with Crippen molar-refractivity contribution >= 4 is 17.6 Å². The van der Waals surface area contributed by atoms with Gasteiger partial charge in [0.25, 0.3) is 5.91 Å². The van der Waals surface area contributed by atoms with E-state index in [2.05, 4.69) is 5.32 Å². The number of rotatable bonds is 5. The summed E-state index contributed by atoms with van der Waals surface area (Å²) in [6, 6.07) is 7.34. The number of hydrogen-bond donors (Lipinski definition) is 2. The first-order valence-corrected chi connectivity index (χ1v) is 7.48. The number of para-hydroxylation sites is 2. The van der Waals surface area contributed by atoms with Gasteiger partial charge in [0.05, 0.1) is 38.9 Å². The Morgan fingerprint density at radius 1 is 1.23 bits per heavy atom. The number of quaternary nitrogens is 1. The molecule has 120 valence electrons. The zero-order chi connectivity index (χ0) is 15.9. The normalized spacial score (nSPS) is 21.0. The molecular weight excluding hydrogens is 284 g/mol. The summed E-state index contributed by atoms with van der Waals surface area (Å²) in [7, 11) is 3.00. The fourth-order valence-corrected chi connectivity index (χ4v) is 2.77. The molecule has 6 heteroatoms. The molecule has 1 aromatic carbocycles. The van der Waals surface area contributed by atoms with Crippen molar-refractivity contribution in [3.05, 3.63) is 24.3 Å². The van der Waals surface area contributed by atoms with E-state index in [0.29, 0.717) is 18.0 Å². The summed E-state index contributed by atoms with van der Waals surface area (Å²) in [6.45, 7) is 2.00. The number of likely N-dealkylation sites (tertiary alicyclic amines) is 1. The van der Waals surface area contributed by atoms with Gasteiger partial charge in [-0.2, -0.15) is 0 Å². The Morgan fingerprint density at radius 2 is 1.91 bits per heavy atom. The minimum absolute atomic E-state index is 0.0222. The summed E-state index contributed by atoms with van der Waals surface area (Å²) in [4.78, 5) is 24.8. The number of benzene rings is 1. The Hall–Kier alpha value is -2.08. The van der Waals surface area contributed by atoms with Crippen LogP contribution in [-0.4, -0.2) is 45.7 Å². The maximum absolute atomic E-state index is 12.1. The molecule has 0 bridgehead atoms. The minimum Gasteiger partial charge on any atom is -0.495 e. The van der Waals surface area contributed by atoms with Crippen LogP contribution in [0.1, 0.15) is 12.8 Å². The summed E-state index contributed by atoms with van der Waals surface area (Å²) in [5.41, 5.74) is 0.679. The summed E-state index contributed by atoms with van der Waals surface area (Å²) in [5.74, 6) is 0.440. The second-order valence-corrected chi connectivity index (χ2v) is 5.47. The van der Waals surface area contributed by atoms with Crippen molar-refractivity contribution in [3.8, 4) is 5.75 Å². The average molecular weight is 307 g/mol. The van der Waals surface area contributed by atoms with Crippen LogP contribution in [0.5, 0.6) is 5.75 Å². The number of piperidine rings is 1. The molecule has 1 aliphatic heterocycles. The third-order valence-electron chi connectivity index (χ3n) is 4.02. The Labute approximate surface area is 130 Å². The van der Waals surface area contributed by atoms with Gasteiger partial charge in [0.15, 0.2) is 6.54 Å². The van der Waals surface area contributed by atoms with Gasteiger partial charge >= 0.3 is 5.97 Å².